The number of ether oxygens (including phenoxy) is 1. The molecule has 0 N–H and O–H groups in total. The molecule has 1 aliphatic heterocycles. The molecule has 0 radical (unpaired) electrons. The van der Waals surface area contributed by atoms with Gasteiger partial charge in [-0.3, -0.25) is 0 Å². The van der Waals surface area contributed by atoms with Gasteiger partial charge in [-0.1, -0.05) is 12.1 Å². The molecule has 0 aromatic heterocycles. The van der Waals surface area contributed by atoms with Gasteiger partial charge in [0.05, 0.1) is 7.11 Å². The molecule has 3 rings (SSSR count). The van der Waals surface area contributed by atoms with Crippen LogP contribution < -0.4 is 4.74 Å². The summed E-state index contributed by atoms with van der Waals surface area (Å²) in [6, 6.07) is 9.85. The van der Waals surface area contributed by atoms with Crippen molar-refractivity contribution in [1.29, 1.82) is 0 Å². The van der Waals surface area contributed by atoms with Crippen molar-refractivity contribution in [3.05, 3.63) is 59.7 Å². The standard InChI is InChI=1S/C18H19F2NO3S2/c1-24-16-4-2-3-5-18(16)26(22,23)21-9-8-17(25-11-10-21)14-12-13(19)6-7-15(14)20/h2-7,12,17H,8-11H2,1H3. The molecule has 0 saturated carbocycles. The van der Waals surface area contributed by atoms with E-state index in [-0.39, 0.29) is 28.0 Å². The van der Waals surface area contributed by atoms with E-state index >= 15 is 0 Å². The number of hydrogen-bond donors (Lipinski definition) is 0. The molecule has 0 spiro atoms. The Morgan fingerprint density at radius 2 is 1.92 bits per heavy atom. The Morgan fingerprint density at radius 3 is 2.69 bits per heavy atom. The van der Waals surface area contributed by atoms with E-state index in [9.17, 15) is 17.2 Å². The zero-order valence-electron chi connectivity index (χ0n) is 14.2. The molecule has 1 atom stereocenters. The highest BCUT2D eigenvalue weighted by Gasteiger charge is 2.31. The summed E-state index contributed by atoms with van der Waals surface area (Å²) in [6.07, 6.45) is 0.402. The fourth-order valence-electron chi connectivity index (χ4n) is 2.97. The second-order valence-corrected chi connectivity index (χ2v) is 9.09. The van der Waals surface area contributed by atoms with Crippen molar-refractivity contribution in [3.8, 4) is 5.75 Å². The lowest BCUT2D eigenvalue weighted by Gasteiger charge is -2.21. The number of thioether (sulfide) groups is 1. The summed E-state index contributed by atoms with van der Waals surface area (Å²) in [6.45, 7) is 0.534. The van der Waals surface area contributed by atoms with Crippen molar-refractivity contribution < 1.29 is 21.9 Å². The summed E-state index contributed by atoms with van der Waals surface area (Å²) in [7, 11) is -2.30. The predicted octanol–water partition coefficient (Wildman–Crippen LogP) is 3.84. The molecule has 4 nitrogen and oxygen atoms in total. The van der Waals surface area contributed by atoms with Crippen molar-refractivity contribution in [2.45, 2.75) is 16.6 Å². The van der Waals surface area contributed by atoms with Gasteiger partial charge >= 0.3 is 0 Å². The first kappa shape index (κ1) is 19.1. The fourth-order valence-corrected chi connectivity index (χ4v) is 5.94. The van der Waals surface area contributed by atoms with Gasteiger partial charge in [-0.05, 0) is 36.8 Å². The number of benzene rings is 2. The molecule has 1 aliphatic rings. The highest BCUT2D eigenvalue weighted by Crippen LogP contribution is 2.37. The molecule has 1 heterocycles. The number of para-hydroxylation sites is 1. The lowest BCUT2D eigenvalue weighted by atomic mass is 10.1. The second kappa shape index (κ2) is 7.94. The van der Waals surface area contributed by atoms with Crippen LogP contribution in [0.15, 0.2) is 47.4 Å². The van der Waals surface area contributed by atoms with E-state index in [0.29, 0.717) is 18.7 Å². The average molecular weight is 399 g/mol. The highest BCUT2D eigenvalue weighted by atomic mass is 32.2. The first-order valence-corrected chi connectivity index (χ1v) is 10.6. The molecule has 140 valence electrons. The molecule has 1 unspecified atom stereocenters. The largest absolute Gasteiger partial charge is 0.495 e. The summed E-state index contributed by atoms with van der Waals surface area (Å²) in [4.78, 5) is 0.114. The minimum atomic E-state index is -3.72. The maximum atomic E-state index is 14.1. The number of nitrogens with zero attached hydrogens (tertiary/aromatic N) is 1. The van der Waals surface area contributed by atoms with E-state index in [1.165, 1.54) is 35.3 Å². The average Bonchev–Trinajstić information content (AvgIpc) is 2.90. The third-order valence-electron chi connectivity index (χ3n) is 4.29. The zero-order valence-corrected chi connectivity index (χ0v) is 15.8. The summed E-state index contributed by atoms with van der Waals surface area (Å²) >= 11 is 1.44. The Kier molecular flexibility index (Phi) is 5.84. The van der Waals surface area contributed by atoms with Crippen LogP contribution in [0.25, 0.3) is 0 Å². The van der Waals surface area contributed by atoms with Crippen molar-refractivity contribution in [2.75, 3.05) is 26.0 Å². The fraction of sp³-hybridized carbons (Fsp3) is 0.333. The molecular weight excluding hydrogens is 380 g/mol. The number of halogens is 2. The molecule has 0 aliphatic carbocycles. The second-order valence-electron chi connectivity index (χ2n) is 5.87. The minimum Gasteiger partial charge on any atom is -0.495 e. The maximum Gasteiger partial charge on any atom is 0.246 e. The van der Waals surface area contributed by atoms with Crippen LogP contribution in [0, 0.1) is 11.6 Å². The first-order chi connectivity index (χ1) is 12.4. The monoisotopic (exact) mass is 399 g/mol. The normalized spacial score (nSPS) is 19.1. The van der Waals surface area contributed by atoms with Gasteiger partial charge < -0.3 is 4.74 Å². The van der Waals surface area contributed by atoms with Gasteiger partial charge in [0, 0.05) is 29.7 Å². The molecule has 1 saturated heterocycles. The van der Waals surface area contributed by atoms with Gasteiger partial charge in [0.25, 0.3) is 0 Å². The Labute approximate surface area is 156 Å². The van der Waals surface area contributed by atoms with Crippen molar-refractivity contribution in [1.82, 2.24) is 4.31 Å². The summed E-state index contributed by atoms with van der Waals surface area (Å²) < 4.78 is 60.1. The third kappa shape index (κ3) is 3.87. The maximum absolute atomic E-state index is 14.1. The van der Waals surface area contributed by atoms with Crippen LogP contribution in [0.4, 0.5) is 8.78 Å². The molecule has 1 fully saturated rings. The van der Waals surface area contributed by atoms with Crippen LogP contribution in [-0.4, -0.2) is 38.7 Å². The van der Waals surface area contributed by atoms with E-state index in [0.717, 1.165) is 12.1 Å². The molecule has 0 amide bonds. The topological polar surface area (TPSA) is 46.6 Å². The molecule has 2 aromatic rings. The van der Waals surface area contributed by atoms with Gasteiger partial charge in [-0.15, -0.1) is 0 Å². The minimum absolute atomic E-state index is 0.114. The van der Waals surface area contributed by atoms with Crippen LogP contribution >= 0.6 is 11.8 Å². The summed E-state index contributed by atoms with van der Waals surface area (Å²) in [5.41, 5.74) is 0.284. The van der Waals surface area contributed by atoms with Gasteiger partial charge in [0.1, 0.15) is 22.3 Å². The lowest BCUT2D eigenvalue weighted by Crippen LogP contribution is -2.33. The van der Waals surface area contributed by atoms with E-state index < -0.39 is 21.7 Å². The molecule has 0 bridgehead atoms. The van der Waals surface area contributed by atoms with E-state index in [1.54, 1.807) is 18.2 Å². The Hall–Kier alpha value is -1.64. The van der Waals surface area contributed by atoms with Crippen molar-refractivity contribution in [2.24, 2.45) is 0 Å². The summed E-state index contributed by atoms with van der Waals surface area (Å²) in [5.74, 6) is -0.179. The van der Waals surface area contributed by atoms with E-state index in [1.807, 2.05) is 0 Å². The Bertz CT molecular complexity index is 890. The predicted molar refractivity (Wildman–Crippen MR) is 97.9 cm³/mol. The van der Waals surface area contributed by atoms with Crippen LogP contribution in [0.1, 0.15) is 17.2 Å². The van der Waals surface area contributed by atoms with Crippen LogP contribution in [-0.2, 0) is 10.0 Å². The van der Waals surface area contributed by atoms with Crippen molar-refractivity contribution >= 4 is 21.8 Å². The Morgan fingerprint density at radius 1 is 1.15 bits per heavy atom. The van der Waals surface area contributed by atoms with E-state index in [2.05, 4.69) is 0 Å². The van der Waals surface area contributed by atoms with Crippen LogP contribution in [0.3, 0.4) is 0 Å². The SMILES string of the molecule is COc1ccccc1S(=O)(=O)N1CCSC(c2cc(F)ccc2F)CC1. The van der Waals surface area contributed by atoms with Crippen LogP contribution in [0.5, 0.6) is 5.75 Å². The summed E-state index contributed by atoms with van der Waals surface area (Å²) in [5, 5.41) is -0.288. The first-order valence-electron chi connectivity index (χ1n) is 8.13. The molecule has 8 heteroatoms. The van der Waals surface area contributed by atoms with Crippen LogP contribution in [0.2, 0.25) is 0 Å². The third-order valence-corrected chi connectivity index (χ3v) is 7.54. The quantitative estimate of drug-likeness (QED) is 0.784. The number of methoxy groups -OCH3 is 1. The van der Waals surface area contributed by atoms with Crippen molar-refractivity contribution in [3.63, 3.8) is 0 Å². The lowest BCUT2D eigenvalue weighted by molar-refractivity contribution is 0.392. The van der Waals surface area contributed by atoms with Gasteiger partial charge in [0.2, 0.25) is 10.0 Å². The smallest absolute Gasteiger partial charge is 0.246 e. The molecule has 26 heavy (non-hydrogen) atoms. The molecule has 2 aromatic carbocycles. The highest BCUT2D eigenvalue weighted by molar-refractivity contribution is 7.99. The van der Waals surface area contributed by atoms with Gasteiger partial charge in [0.15, 0.2) is 0 Å². The number of sulfonamides is 1. The zero-order chi connectivity index (χ0) is 18.7. The van der Waals surface area contributed by atoms with Gasteiger partial charge in [-0.2, -0.15) is 16.1 Å². The van der Waals surface area contributed by atoms with Gasteiger partial charge in [-0.25, -0.2) is 17.2 Å². The molecular formula is C18H19F2NO3S2. The Balaban J connectivity index is 1.83. The number of hydrogen-bond acceptors (Lipinski definition) is 4. The van der Waals surface area contributed by atoms with E-state index in [4.69, 9.17) is 4.74 Å². The number of rotatable bonds is 4.